The van der Waals surface area contributed by atoms with E-state index in [1.54, 1.807) is 20.1 Å². The van der Waals surface area contributed by atoms with Gasteiger partial charge in [0.25, 0.3) is 5.91 Å². The van der Waals surface area contributed by atoms with E-state index in [0.29, 0.717) is 10.7 Å². The second-order valence-corrected chi connectivity index (χ2v) is 8.54. The highest BCUT2D eigenvalue weighted by atomic mass is 32.2. The van der Waals surface area contributed by atoms with Crippen LogP contribution in [0.1, 0.15) is 17.3 Å². The Morgan fingerprint density at radius 2 is 1.92 bits per heavy atom. The Hall–Kier alpha value is -2.45. The highest BCUT2D eigenvalue weighted by Crippen LogP contribution is 2.29. The van der Waals surface area contributed by atoms with Crippen LogP contribution in [0.5, 0.6) is 5.75 Å². The van der Waals surface area contributed by atoms with Gasteiger partial charge in [-0.3, -0.25) is 10.1 Å². The molecule has 0 atom stereocenters. The largest absolute Gasteiger partial charge is 0.497 e. The van der Waals surface area contributed by atoms with E-state index < -0.39 is 9.84 Å². The van der Waals surface area contributed by atoms with Crippen molar-refractivity contribution < 1.29 is 17.9 Å². The van der Waals surface area contributed by atoms with E-state index in [9.17, 15) is 13.2 Å². The van der Waals surface area contributed by atoms with Crippen molar-refractivity contribution in [3.63, 3.8) is 0 Å². The van der Waals surface area contributed by atoms with Crippen molar-refractivity contribution in [2.24, 2.45) is 0 Å². The zero-order chi connectivity index (χ0) is 18.0. The molecule has 0 unspecified atom stereocenters. The van der Waals surface area contributed by atoms with E-state index in [4.69, 9.17) is 4.74 Å². The molecule has 0 spiro atoms. The molecule has 3 aromatic rings. The van der Waals surface area contributed by atoms with E-state index >= 15 is 0 Å². The number of rotatable bonds is 5. The molecule has 0 radical (unpaired) electrons. The molecule has 3 rings (SSSR count). The van der Waals surface area contributed by atoms with Gasteiger partial charge >= 0.3 is 0 Å². The number of amides is 1. The normalized spacial score (nSPS) is 11.4. The molecule has 1 N–H and O–H groups in total. The van der Waals surface area contributed by atoms with Crippen molar-refractivity contribution in [3.8, 4) is 5.75 Å². The summed E-state index contributed by atoms with van der Waals surface area (Å²) in [6.45, 7) is 1.58. The van der Waals surface area contributed by atoms with Crippen LogP contribution in [0, 0.1) is 0 Å². The molecule has 8 heteroatoms. The molecule has 0 aliphatic rings. The summed E-state index contributed by atoms with van der Waals surface area (Å²) in [5.74, 6) is 0.404. The smallest absolute Gasteiger partial charge is 0.257 e. The van der Waals surface area contributed by atoms with E-state index in [1.165, 1.54) is 35.6 Å². The molecule has 1 heterocycles. The molecule has 0 fully saturated rings. The van der Waals surface area contributed by atoms with Crippen molar-refractivity contribution in [1.29, 1.82) is 0 Å². The van der Waals surface area contributed by atoms with Gasteiger partial charge in [0.2, 0.25) is 0 Å². The standard InChI is InChI=1S/C17H16N2O4S2/c1-3-25(21,22)13-7-4-11(5-8-13)16(20)19-17-18-14-9-6-12(23-2)10-15(14)24-17/h4-10H,3H2,1-2H3,(H,18,19,20). The maximum Gasteiger partial charge on any atom is 0.257 e. The average Bonchev–Trinajstić information content (AvgIpc) is 3.02. The highest BCUT2D eigenvalue weighted by Gasteiger charge is 2.14. The fourth-order valence-electron chi connectivity index (χ4n) is 2.23. The number of aromatic nitrogens is 1. The number of sulfone groups is 1. The Morgan fingerprint density at radius 1 is 1.20 bits per heavy atom. The third kappa shape index (κ3) is 3.64. The van der Waals surface area contributed by atoms with Gasteiger partial charge in [0.05, 0.1) is 28.0 Å². The molecular weight excluding hydrogens is 360 g/mol. The molecule has 0 aliphatic carbocycles. The van der Waals surface area contributed by atoms with Crippen LogP contribution in [-0.4, -0.2) is 32.2 Å². The van der Waals surface area contributed by atoms with E-state index in [1.807, 2.05) is 12.1 Å². The van der Waals surface area contributed by atoms with Crippen LogP contribution in [0.25, 0.3) is 10.2 Å². The molecule has 25 heavy (non-hydrogen) atoms. The number of hydrogen-bond acceptors (Lipinski definition) is 6. The number of hydrogen-bond donors (Lipinski definition) is 1. The summed E-state index contributed by atoms with van der Waals surface area (Å²) in [7, 11) is -1.69. The van der Waals surface area contributed by atoms with Crippen LogP contribution in [0.15, 0.2) is 47.4 Å². The number of benzene rings is 2. The number of anilines is 1. The third-order valence-electron chi connectivity index (χ3n) is 3.67. The predicted octanol–water partition coefficient (Wildman–Crippen LogP) is 3.35. The molecule has 0 saturated heterocycles. The van der Waals surface area contributed by atoms with Crippen LogP contribution < -0.4 is 10.1 Å². The van der Waals surface area contributed by atoms with Gasteiger partial charge in [-0.25, -0.2) is 13.4 Å². The van der Waals surface area contributed by atoms with Gasteiger partial charge in [-0.05, 0) is 42.5 Å². The first-order chi connectivity index (χ1) is 11.9. The van der Waals surface area contributed by atoms with Gasteiger partial charge in [-0.1, -0.05) is 18.3 Å². The number of carbonyl (C=O) groups excluding carboxylic acids is 1. The fourth-order valence-corrected chi connectivity index (χ4v) is 4.01. The SMILES string of the molecule is CCS(=O)(=O)c1ccc(C(=O)Nc2nc3ccc(OC)cc3s2)cc1. The number of methoxy groups -OCH3 is 1. The van der Waals surface area contributed by atoms with Crippen molar-refractivity contribution >= 4 is 42.4 Å². The number of nitrogens with one attached hydrogen (secondary N) is 1. The zero-order valence-electron chi connectivity index (χ0n) is 13.6. The average molecular weight is 376 g/mol. The first kappa shape index (κ1) is 17.4. The summed E-state index contributed by atoms with van der Waals surface area (Å²) < 4.78 is 29.7. The minimum Gasteiger partial charge on any atom is -0.497 e. The second-order valence-electron chi connectivity index (χ2n) is 5.23. The summed E-state index contributed by atoms with van der Waals surface area (Å²) in [6.07, 6.45) is 0. The van der Waals surface area contributed by atoms with Crippen LogP contribution in [-0.2, 0) is 9.84 Å². The Labute approximate surface area is 149 Å². The molecule has 1 amide bonds. The van der Waals surface area contributed by atoms with E-state index in [2.05, 4.69) is 10.3 Å². The van der Waals surface area contributed by atoms with Crippen LogP contribution >= 0.6 is 11.3 Å². The summed E-state index contributed by atoms with van der Waals surface area (Å²) in [6, 6.07) is 11.4. The van der Waals surface area contributed by atoms with Gasteiger partial charge in [-0.15, -0.1) is 0 Å². The lowest BCUT2D eigenvalue weighted by Gasteiger charge is -2.04. The Kier molecular flexibility index (Phi) is 4.73. The molecule has 0 saturated carbocycles. The number of fused-ring (bicyclic) bond motifs is 1. The Morgan fingerprint density at radius 3 is 2.56 bits per heavy atom. The lowest BCUT2D eigenvalue weighted by molar-refractivity contribution is 0.102. The van der Waals surface area contributed by atoms with Gasteiger partial charge < -0.3 is 4.74 Å². The number of ether oxygens (including phenoxy) is 1. The van der Waals surface area contributed by atoms with Gasteiger partial charge in [0.1, 0.15) is 5.75 Å². The molecule has 0 aliphatic heterocycles. The van der Waals surface area contributed by atoms with E-state index in [0.717, 1.165) is 16.0 Å². The molecule has 1 aromatic heterocycles. The monoisotopic (exact) mass is 376 g/mol. The molecule has 0 bridgehead atoms. The maximum absolute atomic E-state index is 12.3. The van der Waals surface area contributed by atoms with Crippen molar-refractivity contribution in [1.82, 2.24) is 4.98 Å². The van der Waals surface area contributed by atoms with Crippen molar-refractivity contribution in [2.45, 2.75) is 11.8 Å². The topological polar surface area (TPSA) is 85.4 Å². The second kappa shape index (κ2) is 6.81. The minimum absolute atomic E-state index is 0.0215. The van der Waals surface area contributed by atoms with Gasteiger partial charge in [0, 0.05) is 5.56 Å². The summed E-state index contributed by atoms with van der Waals surface area (Å²) in [4.78, 5) is 16.9. The summed E-state index contributed by atoms with van der Waals surface area (Å²) in [5, 5.41) is 3.21. The van der Waals surface area contributed by atoms with Crippen molar-refractivity contribution in [3.05, 3.63) is 48.0 Å². The van der Waals surface area contributed by atoms with Crippen LogP contribution in [0.3, 0.4) is 0 Å². The first-order valence-corrected chi connectivity index (χ1v) is 9.98. The summed E-state index contributed by atoms with van der Waals surface area (Å²) >= 11 is 1.34. The van der Waals surface area contributed by atoms with E-state index in [-0.39, 0.29) is 16.6 Å². The minimum atomic E-state index is -3.28. The van der Waals surface area contributed by atoms with Gasteiger partial charge in [0.15, 0.2) is 15.0 Å². The molecule has 6 nitrogen and oxygen atoms in total. The third-order valence-corrected chi connectivity index (χ3v) is 6.36. The van der Waals surface area contributed by atoms with Crippen LogP contribution in [0.2, 0.25) is 0 Å². The Balaban J connectivity index is 1.80. The number of nitrogens with zero attached hydrogens (tertiary/aromatic N) is 1. The Bertz CT molecular complexity index is 1020. The first-order valence-electron chi connectivity index (χ1n) is 7.51. The molecule has 130 valence electrons. The molecule has 2 aromatic carbocycles. The predicted molar refractivity (Wildman–Crippen MR) is 98.3 cm³/mol. The maximum atomic E-state index is 12.3. The zero-order valence-corrected chi connectivity index (χ0v) is 15.3. The molecular formula is C17H16N2O4S2. The lowest BCUT2D eigenvalue weighted by atomic mass is 10.2. The number of carbonyl (C=O) groups is 1. The summed E-state index contributed by atoms with van der Waals surface area (Å²) in [5.41, 5.74) is 1.14. The highest BCUT2D eigenvalue weighted by molar-refractivity contribution is 7.91. The van der Waals surface area contributed by atoms with Gasteiger partial charge in [-0.2, -0.15) is 0 Å². The van der Waals surface area contributed by atoms with Crippen LogP contribution in [0.4, 0.5) is 5.13 Å². The number of thiazole rings is 1. The lowest BCUT2D eigenvalue weighted by Crippen LogP contribution is -2.12. The fraction of sp³-hybridized carbons (Fsp3) is 0.176. The van der Waals surface area contributed by atoms with Crippen molar-refractivity contribution in [2.75, 3.05) is 18.2 Å². The quantitative estimate of drug-likeness (QED) is 0.738.